The lowest BCUT2D eigenvalue weighted by molar-refractivity contribution is -0.315. The molecule has 1 aromatic rings. The second-order valence-corrected chi connectivity index (χ2v) is 4.76. The van der Waals surface area contributed by atoms with Crippen molar-refractivity contribution in [2.24, 2.45) is 0 Å². The first kappa shape index (κ1) is 14.6. The molecule has 4 heteroatoms. The van der Waals surface area contributed by atoms with Crippen LogP contribution >= 0.6 is 15.9 Å². The summed E-state index contributed by atoms with van der Waals surface area (Å²) in [5.74, 6) is -0.801. The zero-order chi connectivity index (χ0) is 12.9. The summed E-state index contributed by atoms with van der Waals surface area (Å²) in [5.41, 5.74) is 0.995. The van der Waals surface area contributed by atoms with Gasteiger partial charge in [0.1, 0.15) is 0 Å². The van der Waals surface area contributed by atoms with E-state index in [-0.39, 0.29) is 0 Å². The zero-order valence-corrected chi connectivity index (χ0v) is 12.5. The number of hydrogen-bond acceptors (Lipinski definition) is 3. The van der Waals surface area contributed by atoms with Crippen LogP contribution < -0.4 is 0 Å². The van der Waals surface area contributed by atoms with Crippen LogP contribution in [0.1, 0.15) is 19.4 Å². The minimum atomic E-state index is -0.801. The maximum atomic E-state index is 5.85. The van der Waals surface area contributed by atoms with Gasteiger partial charge in [0.25, 0.3) is 5.91 Å². The third kappa shape index (κ3) is 3.28. The molecule has 3 nitrogen and oxygen atoms in total. The van der Waals surface area contributed by atoms with Crippen molar-refractivity contribution >= 4 is 15.9 Å². The van der Waals surface area contributed by atoms with E-state index in [4.69, 9.17) is 9.47 Å². The van der Waals surface area contributed by atoms with E-state index < -0.39 is 5.91 Å². The Morgan fingerprint density at radius 2 is 1.53 bits per heavy atom. The number of hydrogen-bond donors (Lipinski definition) is 0. The van der Waals surface area contributed by atoms with Gasteiger partial charge in [0.05, 0.1) is 0 Å². The molecule has 0 fully saturated rings. The Morgan fingerprint density at radius 3 is 1.88 bits per heavy atom. The molecule has 0 aromatic heterocycles. The smallest absolute Gasteiger partial charge is 0.257 e. The summed E-state index contributed by atoms with van der Waals surface area (Å²) in [6.45, 7) is 5.12. The van der Waals surface area contributed by atoms with Gasteiger partial charge in [-0.05, 0) is 40.1 Å². The minimum absolute atomic E-state index is 0.592. The van der Waals surface area contributed by atoms with Crippen LogP contribution in [0, 0.1) is 0 Å². The van der Waals surface area contributed by atoms with Crippen molar-refractivity contribution in [1.82, 2.24) is 4.90 Å². The van der Waals surface area contributed by atoms with E-state index >= 15 is 0 Å². The molecule has 0 aliphatic carbocycles. The predicted molar refractivity (Wildman–Crippen MR) is 72.8 cm³/mol. The average molecular weight is 302 g/mol. The van der Waals surface area contributed by atoms with Gasteiger partial charge in [-0.15, -0.1) is 0 Å². The molecule has 0 atom stereocenters. The van der Waals surface area contributed by atoms with Crippen molar-refractivity contribution in [3.8, 4) is 0 Å². The summed E-state index contributed by atoms with van der Waals surface area (Å²) in [5, 5.41) is 0. The number of benzene rings is 1. The fraction of sp³-hybridized carbons (Fsp3) is 0.538. The molecule has 0 bridgehead atoms. The highest BCUT2D eigenvalue weighted by atomic mass is 79.9. The first-order chi connectivity index (χ1) is 8.06. The molecule has 0 radical (unpaired) electrons. The van der Waals surface area contributed by atoms with Crippen LogP contribution in [-0.4, -0.2) is 32.2 Å². The van der Waals surface area contributed by atoms with Crippen LogP contribution in [0.25, 0.3) is 0 Å². The Morgan fingerprint density at radius 1 is 1.06 bits per heavy atom. The van der Waals surface area contributed by atoms with Gasteiger partial charge in [0.2, 0.25) is 0 Å². The van der Waals surface area contributed by atoms with Gasteiger partial charge in [0, 0.05) is 23.2 Å². The van der Waals surface area contributed by atoms with Gasteiger partial charge in [0.15, 0.2) is 0 Å². The maximum absolute atomic E-state index is 5.85. The lowest BCUT2D eigenvalue weighted by atomic mass is 10.1. The number of nitrogens with zero attached hydrogens (tertiary/aromatic N) is 1. The molecule has 0 saturated heterocycles. The Hall–Kier alpha value is -0.420. The van der Waals surface area contributed by atoms with Crippen molar-refractivity contribution in [3.05, 3.63) is 34.3 Å². The van der Waals surface area contributed by atoms with Gasteiger partial charge >= 0.3 is 0 Å². The highest BCUT2D eigenvalue weighted by Gasteiger charge is 2.36. The van der Waals surface area contributed by atoms with Gasteiger partial charge < -0.3 is 9.47 Å². The first-order valence-corrected chi connectivity index (χ1v) is 6.57. The quantitative estimate of drug-likeness (QED) is 0.753. The van der Waals surface area contributed by atoms with Crippen molar-refractivity contribution < 1.29 is 9.47 Å². The van der Waals surface area contributed by atoms with Crippen LogP contribution in [0.15, 0.2) is 28.7 Å². The van der Waals surface area contributed by atoms with E-state index in [0.717, 1.165) is 10.0 Å². The normalized spacial score (nSPS) is 12.1. The summed E-state index contributed by atoms with van der Waals surface area (Å²) in [4.78, 5) is 1.95. The Labute approximate surface area is 112 Å². The van der Waals surface area contributed by atoms with E-state index in [0.29, 0.717) is 13.2 Å². The lowest BCUT2D eigenvalue weighted by Gasteiger charge is -2.38. The van der Waals surface area contributed by atoms with Gasteiger partial charge in [-0.25, -0.2) is 0 Å². The topological polar surface area (TPSA) is 21.7 Å². The highest BCUT2D eigenvalue weighted by Crippen LogP contribution is 2.30. The molecule has 0 heterocycles. The highest BCUT2D eigenvalue weighted by molar-refractivity contribution is 9.10. The largest absolute Gasteiger partial charge is 0.334 e. The minimum Gasteiger partial charge on any atom is -0.334 e. The molecule has 0 saturated carbocycles. The molecule has 0 N–H and O–H groups in total. The molecule has 96 valence electrons. The second-order valence-electron chi connectivity index (χ2n) is 3.85. The van der Waals surface area contributed by atoms with Crippen LogP contribution in [0.3, 0.4) is 0 Å². The third-order valence-electron chi connectivity index (χ3n) is 2.48. The number of rotatable bonds is 6. The lowest BCUT2D eigenvalue weighted by Crippen LogP contribution is -2.46. The fourth-order valence-corrected chi connectivity index (χ4v) is 2.04. The first-order valence-electron chi connectivity index (χ1n) is 5.78. The van der Waals surface area contributed by atoms with Gasteiger partial charge in [-0.2, -0.15) is 0 Å². The van der Waals surface area contributed by atoms with Crippen molar-refractivity contribution in [3.63, 3.8) is 0 Å². The van der Waals surface area contributed by atoms with Crippen LogP contribution in [0.4, 0.5) is 0 Å². The Kier molecular flexibility index (Phi) is 5.59. The molecular weight excluding hydrogens is 282 g/mol. The molecule has 0 unspecified atom stereocenters. The fourth-order valence-electron chi connectivity index (χ4n) is 1.78. The Balaban J connectivity index is 3.14. The van der Waals surface area contributed by atoms with Gasteiger partial charge in [-0.3, -0.25) is 4.90 Å². The Bertz CT molecular complexity index is 332. The predicted octanol–water partition coefficient (Wildman–Crippen LogP) is 3.19. The summed E-state index contributed by atoms with van der Waals surface area (Å²) in [6.07, 6.45) is 0. The average Bonchev–Trinajstić information content (AvgIpc) is 2.29. The van der Waals surface area contributed by atoms with E-state index in [1.807, 2.05) is 57.1 Å². The van der Waals surface area contributed by atoms with Crippen LogP contribution in [0.2, 0.25) is 0 Å². The standard InChI is InChI=1S/C13H20BrNO2/c1-5-16-13(15(3)4,17-6-2)11-7-9-12(14)10-8-11/h7-10H,5-6H2,1-4H3. The van der Waals surface area contributed by atoms with Crippen molar-refractivity contribution in [1.29, 1.82) is 0 Å². The molecular formula is C13H20BrNO2. The van der Waals surface area contributed by atoms with E-state index in [1.165, 1.54) is 0 Å². The zero-order valence-electron chi connectivity index (χ0n) is 10.9. The molecule has 0 amide bonds. The maximum Gasteiger partial charge on any atom is 0.257 e. The van der Waals surface area contributed by atoms with Crippen LogP contribution in [-0.2, 0) is 15.4 Å². The van der Waals surface area contributed by atoms with E-state index in [1.54, 1.807) is 0 Å². The number of halogens is 1. The van der Waals surface area contributed by atoms with Crippen LogP contribution in [0.5, 0.6) is 0 Å². The third-order valence-corrected chi connectivity index (χ3v) is 3.01. The summed E-state index contributed by atoms with van der Waals surface area (Å²) < 4.78 is 12.7. The molecule has 17 heavy (non-hydrogen) atoms. The summed E-state index contributed by atoms with van der Waals surface area (Å²) in [6, 6.07) is 8.00. The SMILES string of the molecule is CCOC(OCC)(c1ccc(Br)cc1)N(C)C. The van der Waals surface area contributed by atoms with Gasteiger partial charge in [-0.1, -0.05) is 28.1 Å². The summed E-state index contributed by atoms with van der Waals surface area (Å²) >= 11 is 3.43. The monoisotopic (exact) mass is 301 g/mol. The molecule has 1 rings (SSSR count). The number of ether oxygens (including phenoxy) is 2. The molecule has 0 aliphatic rings. The van der Waals surface area contributed by atoms with E-state index in [9.17, 15) is 0 Å². The molecule has 0 spiro atoms. The van der Waals surface area contributed by atoms with E-state index in [2.05, 4.69) is 15.9 Å². The van der Waals surface area contributed by atoms with Crippen molar-refractivity contribution in [2.45, 2.75) is 19.8 Å². The molecule has 1 aromatic carbocycles. The van der Waals surface area contributed by atoms with Crippen molar-refractivity contribution in [2.75, 3.05) is 27.3 Å². The second kappa shape index (κ2) is 6.50. The molecule has 0 aliphatic heterocycles. The summed E-state index contributed by atoms with van der Waals surface area (Å²) in [7, 11) is 3.90.